The average molecular weight is 528 g/mol. The Labute approximate surface area is 209 Å². The minimum absolute atomic E-state index is 0.157. The molecule has 36 heavy (non-hydrogen) atoms. The van der Waals surface area contributed by atoms with Crippen LogP contribution in [0.4, 0.5) is 8.78 Å². The van der Waals surface area contributed by atoms with Gasteiger partial charge in [0.2, 0.25) is 14.2 Å². The summed E-state index contributed by atoms with van der Waals surface area (Å²) >= 11 is 1.03. The van der Waals surface area contributed by atoms with Crippen LogP contribution in [-0.4, -0.2) is 31.1 Å². The fourth-order valence-electron chi connectivity index (χ4n) is 4.38. The van der Waals surface area contributed by atoms with Gasteiger partial charge in [0.1, 0.15) is 22.6 Å². The highest BCUT2D eigenvalue weighted by molar-refractivity contribution is 7.93. The number of carboxylic acids is 1. The lowest BCUT2D eigenvalue weighted by molar-refractivity contribution is -0.139. The maximum Gasteiger partial charge on any atom is 0.341 e. The maximum atomic E-state index is 14.1. The summed E-state index contributed by atoms with van der Waals surface area (Å²) in [5.41, 5.74) is 2.24. The van der Waals surface area contributed by atoms with Crippen LogP contribution in [0.3, 0.4) is 0 Å². The zero-order valence-corrected chi connectivity index (χ0v) is 20.3. The number of carbonyl (C=O) groups is 1. The standard InChI is InChI=1S/C26H19F2NO5S2/c27-17-6-1-4-15(12-17)25(16-5-2-7-18(28)13-16)36(32,33)26-29-24-20-8-3-9-21(34-14-23(30)31)19(20)10-11-22(24)35-26/h1-9,12-13,25H,10-11,14H2,(H,30,31). The molecule has 0 aliphatic heterocycles. The topological polar surface area (TPSA) is 93.6 Å². The van der Waals surface area contributed by atoms with E-state index in [-0.39, 0.29) is 15.5 Å². The summed E-state index contributed by atoms with van der Waals surface area (Å²) in [6, 6.07) is 15.6. The summed E-state index contributed by atoms with van der Waals surface area (Å²) in [4.78, 5) is 16.2. The van der Waals surface area contributed by atoms with Crippen LogP contribution in [-0.2, 0) is 27.5 Å². The molecule has 1 aromatic heterocycles. The Morgan fingerprint density at radius 1 is 1.00 bits per heavy atom. The Hall–Kier alpha value is -3.63. The Balaban J connectivity index is 1.61. The van der Waals surface area contributed by atoms with Crippen molar-refractivity contribution in [3.8, 4) is 17.0 Å². The number of halogens is 2. The van der Waals surface area contributed by atoms with Gasteiger partial charge in [0.25, 0.3) is 0 Å². The minimum Gasteiger partial charge on any atom is -0.482 e. The van der Waals surface area contributed by atoms with Crippen LogP contribution >= 0.6 is 11.3 Å². The quantitative estimate of drug-likeness (QED) is 0.355. The summed E-state index contributed by atoms with van der Waals surface area (Å²) in [7, 11) is -4.20. The van der Waals surface area contributed by atoms with Crippen LogP contribution in [0.2, 0.25) is 0 Å². The highest BCUT2D eigenvalue weighted by Crippen LogP contribution is 2.44. The van der Waals surface area contributed by atoms with Crippen molar-refractivity contribution in [3.05, 3.63) is 99.9 Å². The number of aryl methyl sites for hydroxylation is 1. The highest BCUT2D eigenvalue weighted by Gasteiger charge is 2.36. The second-order valence-corrected chi connectivity index (χ2v) is 11.5. The largest absolute Gasteiger partial charge is 0.482 e. The first-order valence-corrected chi connectivity index (χ1v) is 13.3. The lowest BCUT2D eigenvalue weighted by Gasteiger charge is -2.18. The number of sulfone groups is 1. The number of aliphatic carboxylic acids is 1. The van der Waals surface area contributed by atoms with Gasteiger partial charge >= 0.3 is 5.97 Å². The fourth-order valence-corrected chi connectivity index (χ4v) is 7.67. The predicted molar refractivity (Wildman–Crippen MR) is 130 cm³/mol. The Morgan fingerprint density at radius 3 is 2.25 bits per heavy atom. The van der Waals surface area contributed by atoms with Gasteiger partial charge in [-0.15, -0.1) is 11.3 Å². The molecule has 0 radical (unpaired) electrons. The van der Waals surface area contributed by atoms with E-state index in [0.717, 1.165) is 33.9 Å². The third-order valence-corrected chi connectivity index (χ3v) is 9.48. The lowest BCUT2D eigenvalue weighted by atomic mass is 9.93. The molecule has 4 aromatic rings. The third kappa shape index (κ3) is 4.49. The number of thiazole rings is 1. The number of benzene rings is 3. The number of hydrogen-bond donors (Lipinski definition) is 1. The molecular weight excluding hydrogens is 508 g/mol. The van der Waals surface area contributed by atoms with Gasteiger partial charge in [-0.05, 0) is 54.3 Å². The molecule has 1 N–H and O–H groups in total. The number of nitrogens with zero attached hydrogens (tertiary/aromatic N) is 1. The summed E-state index contributed by atoms with van der Waals surface area (Å²) in [6.45, 7) is -0.497. The molecule has 0 bridgehead atoms. The molecule has 1 aliphatic carbocycles. The van der Waals surface area contributed by atoms with Crippen LogP contribution < -0.4 is 4.74 Å². The van der Waals surface area contributed by atoms with Gasteiger partial charge in [-0.2, -0.15) is 0 Å². The molecule has 6 nitrogen and oxygen atoms in total. The van der Waals surface area contributed by atoms with E-state index >= 15 is 0 Å². The number of ether oxygens (including phenoxy) is 1. The monoisotopic (exact) mass is 527 g/mol. The van der Waals surface area contributed by atoms with E-state index < -0.39 is 39.3 Å². The van der Waals surface area contributed by atoms with Crippen molar-refractivity contribution in [2.75, 3.05) is 6.61 Å². The Kier molecular flexibility index (Phi) is 6.31. The van der Waals surface area contributed by atoms with E-state index in [0.29, 0.717) is 29.8 Å². The second-order valence-electron chi connectivity index (χ2n) is 8.25. The second kappa shape index (κ2) is 9.44. The summed E-state index contributed by atoms with van der Waals surface area (Å²) < 4.78 is 61.3. The molecule has 0 amide bonds. The van der Waals surface area contributed by atoms with Crippen LogP contribution in [0.1, 0.15) is 26.8 Å². The van der Waals surface area contributed by atoms with Crippen molar-refractivity contribution in [2.45, 2.75) is 22.4 Å². The molecule has 1 aliphatic rings. The van der Waals surface area contributed by atoms with Crippen molar-refractivity contribution in [1.82, 2.24) is 4.98 Å². The zero-order valence-electron chi connectivity index (χ0n) is 18.6. The van der Waals surface area contributed by atoms with E-state index in [2.05, 4.69) is 4.98 Å². The molecule has 0 saturated carbocycles. The van der Waals surface area contributed by atoms with Crippen molar-refractivity contribution >= 4 is 27.1 Å². The SMILES string of the molecule is O=C(O)COc1cccc2c1CCc1sc(S(=O)(=O)C(c3cccc(F)c3)c3cccc(F)c3)nc1-2. The zero-order chi connectivity index (χ0) is 25.4. The summed E-state index contributed by atoms with van der Waals surface area (Å²) in [5.74, 6) is -1.90. The number of carboxylic acid groups (broad SMARTS) is 1. The van der Waals surface area contributed by atoms with E-state index in [9.17, 15) is 22.0 Å². The van der Waals surface area contributed by atoms with Crippen molar-refractivity contribution in [1.29, 1.82) is 0 Å². The highest BCUT2D eigenvalue weighted by atomic mass is 32.2. The number of hydrogen-bond acceptors (Lipinski definition) is 6. The van der Waals surface area contributed by atoms with Crippen LogP contribution in [0.5, 0.6) is 5.75 Å². The summed E-state index contributed by atoms with van der Waals surface area (Å²) in [5, 5.41) is 7.59. The van der Waals surface area contributed by atoms with Gasteiger partial charge in [0.05, 0.1) is 5.69 Å². The number of rotatable bonds is 7. The number of fused-ring (bicyclic) bond motifs is 3. The van der Waals surface area contributed by atoms with Crippen LogP contribution in [0.25, 0.3) is 11.3 Å². The van der Waals surface area contributed by atoms with E-state index in [4.69, 9.17) is 9.84 Å². The van der Waals surface area contributed by atoms with Crippen LogP contribution in [0.15, 0.2) is 71.1 Å². The first-order chi connectivity index (χ1) is 17.2. The smallest absolute Gasteiger partial charge is 0.341 e. The van der Waals surface area contributed by atoms with Crippen molar-refractivity contribution in [2.24, 2.45) is 0 Å². The molecule has 3 aromatic carbocycles. The number of aromatic nitrogens is 1. The maximum absolute atomic E-state index is 14.1. The van der Waals surface area contributed by atoms with Crippen LogP contribution in [0, 0.1) is 11.6 Å². The molecule has 184 valence electrons. The van der Waals surface area contributed by atoms with Gasteiger partial charge in [-0.25, -0.2) is 27.0 Å². The van der Waals surface area contributed by atoms with Gasteiger partial charge in [0, 0.05) is 16.0 Å². The van der Waals surface area contributed by atoms with Crippen molar-refractivity contribution in [3.63, 3.8) is 0 Å². The average Bonchev–Trinajstić information content (AvgIpc) is 3.29. The Morgan fingerprint density at radius 2 is 1.64 bits per heavy atom. The first kappa shape index (κ1) is 24.1. The summed E-state index contributed by atoms with van der Waals surface area (Å²) in [6.07, 6.45) is 1.02. The molecule has 5 rings (SSSR count). The van der Waals surface area contributed by atoms with Gasteiger partial charge < -0.3 is 9.84 Å². The van der Waals surface area contributed by atoms with E-state index in [1.54, 1.807) is 18.2 Å². The molecule has 10 heteroatoms. The normalized spacial score (nSPS) is 12.8. The molecular formula is C26H19F2NO5S2. The fraction of sp³-hybridized carbons (Fsp3) is 0.154. The molecule has 1 heterocycles. The molecule has 0 unspecified atom stereocenters. The van der Waals surface area contributed by atoms with Gasteiger partial charge in [0.15, 0.2) is 6.61 Å². The third-order valence-electron chi connectivity index (χ3n) is 5.88. The van der Waals surface area contributed by atoms with Gasteiger partial charge in [-0.1, -0.05) is 36.4 Å². The van der Waals surface area contributed by atoms with Gasteiger partial charge in [-0.3, -0.25) is 0 Å². The minimum atomic E-state index is -4.20. The van der Waals surface area contributed by atoms with E-state index in [1.807, 2.05) is 0 Å². The van der Waals surface area contributed by atoms with Crippen molar-refractivity contribution < 1.29 is 31.8 Å². The predicted octanol–water partition coefficient (Wildman–Crippen LogP) is 5.21. The Bertz CT molecular complexity index is 1540. The molecule has 0 spiro atoms. The van der Waals surface area contributed by atoms with E-state index in [1.165, 1.54) is 36.4 Å². The molecule has 0 saturated heterocycles. The molecule has 0 atom stereocenters. The first-order valence-electron chi connectivity index (χ1n) is 11.0. The molecule has 0 fully saturated rings. The lowest BCUT2D eigenvalue weighted by Crippen LogP contribution is -2.16.